The number of hydrogen-bond acceptors (Lipinski definition) is 3. The Hall–Kier alpha value is -1.78. The van der Waals surface area contributed by atoms with Crippen molar-refractivity contribution < 1.29 is 13.9 Å². The van der Waals surface area contributed by atoms with E-state index >= 15 is 0 Å². The van der Waals surface area contributed by atoms with Gasteiger partial charge in [-0.25, -0.2) is 4.39 Å². The number of hydrogen-bond donors (Lipinski definition) is 1. The lowest BCUT2D eigenvalue weighted by molar-refractivity contribution is 0.293. The Morgan fingerprint density at radius 2 is 2.05 bits per heavy atom. The molecule has 2 aromatic rings. The van der Waals surface area contributed by atoms with Crippen LogP contribution in [-0.4, -0.2) is 7.11 Å². The first-order chi connectivity index (χ1) is 10.0. The van der Waals surface area contributed by atoms with Crippen LogP contribution in [0.1, 0.15) is 24.1 Å². The molecule has 0 heterocycles. The molecule has 112 valence electrons. The van der Waals surface area contributed by atoms with E-state index in [9.17, 15) is 4.39 Å². The first-order valence-corrected chi connectivity index (χ1v) is 6.90. The van der Waals surface area contributed by atoms with Gasteiger partial charge in [0.15, 0.2) is 0 Å². The molecule has 0 unspecified atom stereocenters. The molecule has 0 spiro atoms. The van der Waals surface area contributed by atoms with E-state index in [-0.39, 0.29) is 17.7 Å². The van der Waals surface area contributed by atoms with E-state index in [4.69, 9.17) is 26.8 Å². The predicted molar refractivity (Wildman–Crippen MR) is 81.3 cm³/mol. The summed E-state index contributed by atoms with van der Waals surface area (Å²) in [5.41, 5.74) is 7.13. The third kappa shape index (κ3) is 3.65. The van der Waals surface area contributed by atoms with Crippen LogP contribution in [0.15, 0.2) is 36.4 Å². The molecule has 0 radical (unpaired) electrons. The molecule has 0 saturated carbocycles. The van der Waals surface area contributed by atoms with Gasteiger partial charge in [-0.3, -0.25) is 0 Å². The molecule has 2 aromatic carbocycles. The summed E-state index contributed by atoms with van der Waals surface area (Å²) in [5.74, 6) is 0.758. The standard InChI is InChI=1S/C16H17ClFNO2/c1-10(19)13-7-6-12(20-2)8-15(13)21-9-11-4-3-5-14(17)16(11)18/h3-8,10H,9,19H2,1-2H3/t10-/m1/s1. The number of benzene rings is 2. The van der Waals surface area contributed by atoms with Gasteiger partial charge in [0.1, 0.15) is 23.9 Å². The zero-order valence-corrected chi connectivity index (χ0v) is 12.7. The van der Waals surface area contributed by atoms with E-state index in [1.807, 2.05) is 19.1 Å². The smallest absolute Gasteiger partial charge is 0.148 e. The first kappa shape index (κ1) is 15.6. The summed E-state index contributed by atoms with van der Waals surface area (Å²) >= 11 is 5.75. The summed E-state index contributed by atoms with van der Waals surface area (Å²) in [5, 5.41) is 0.0779. The maximum absolute atomic E-state index is 13.8. The summed E-state index contributed by atoms with van der Waals surface area (Å²) in [6.07, 6.45) is 0. The lowest BCUT2D eigenvalue weighted by Gasteiger charge is -2.15. The van der Waals surface area contributed by atoms with Gasteiger partial charge < -0.3 is 15.2 Å². The van der Waals surface area contributed by atoms with Crippen molar-refractivity contribution in [3.63, 3.8) is 0 Å². The summed E-state index contributed by atoms with van der Waals surface area (Å²) in [6, 6.07) is 10.0. The molecule has 3 nitrogen and oxygen atoms in total. The van der Waals surface area contributed by atoms with Gasteiger partial charge in [0.05, 0.1) is 12.1 Å². The first-order valence-electron chi connectivity index (χ1n) is 6.52. The Bertz CT molecular complexity index is 632. The van der Waals surface area contributed by atoms with Crippen LogP contribution in [0.3, 0.4) is 0 Å². The van der Waals surface area contributed by atoms with E-state index in [1.54, 1.807) is 25.3 Å². The topological polar surface area (TPSA) is 44.5 Å². The molecule has 2 rings (SSSR count). The second-order valence-electron chi connectivity index (χ2n) is 4.69. The fourth-order valence-electron chi connectivity index (χ4n) is 1.96. The highest BCUT2D eigenvalue weighted by molar-refractivity contribution is 6.30. The van der Waals surface area contributed by atoms with Crippen molar-refractivity contribution in [2.75, 3.05) is 7.11 Å². The number of rotatable bonds is 5. The normalized spacial score (nSPS) is 12.0. The minimum absolute atomic E-state index is 0.0687. The van der Waals surface area contributed by atoms with E-state index in [0.717, 1.165) is 5.56 Å². The molecule has 5 heteroatoms. The van der Waals surface area contributed by atoms with E-state index in [1.165, 1.54) is 6.07 Å². The quantitative estimate of drug-likeness (QED) is 0.905. The molecular formula is C16H17ClFNO2. The SMILES string of the molecule is COc1ccc([C@@H](C)N)c(OCc2cccc(Cl)c2F)c1. The van der Waals surface area contributed by atoms with Crippen molar-refractivity contribution in [3.8, 4) is 11.5 Å². The second kappa shape index (κ2) is 6.78. The maximum Gasteiger partial charge on any atom is 0.148 e. The van der Waals surface area contributed by atoms with Crippen LogP contribution in [0.2, 0.25) is 5.02 Å². The van der Waals surface area contributed by atoms with Gasteiger partial charge in [0.2, 0.25) is 0 Å². The van der Waals surface area contributed by atoms with Crippen molar-refractivity contribution in [2.45, 2.75) is 19.6 Å². The fourth-order valence-corrected chi connectivity index (χ4v) is 2.15. The third-order valence-corrected chi connectivity index (χ3v) is 3.42. The highest BCUT2D eigenvalue weighted by Crippen LogP contribution is 2.29. The van der Waals surface area contributed by atoms with Crippen LogP contribution >= 0.6 is 11.6 Å². The highest BCUT2D eigenvalue weighted by Gasteiger charge is 2.12. The molecule has 0 aliphatic carbocycles. The average Bonchev–Trinajstić information content (AvgIpc) is 2.48. The Balaban J connectivity index is 2.24. The van der Waals surface area contributed by atoms with Crippen LogP contribution in [0, 0.1) is 5.82 Å². The Labute approximate surface area is 128 Å². The monoisotopic (exact) mass is 309 g/mol. The lowest BCUT2D eigenvalue weighted by atomic mass is 10.1. The number of methoxy groups -OCH3 is 1. The van der Waals surface area contributed by atoms with Crippen LogP contribution in [0.4, 0.5) is 4.39 Å². The van der Waals surface area contributed by atoms with Crippen molar-refractivity contribution in [1.82, 2.24) is 0 Å². The van der Waals surface area contributed by atoms with Crippen LogP contribution < -0.4 is 15.2 Å². The van der Waals surface area contributed by atoms with Gasteiger partial charge in [-0.05, 0) is 19.1 Å². The summed E-state index contributed by atoms with van der Waals surface area (Å²) in [4.78, 5) is 0. The molecule has 0 aromatic heterocycles. The molecule has 2 N–H and O–H groups in total. The molecule has 1 atom stereocenters. The molecule has 0 saturated heterocycles. The second-order valence-corrected chi connectivity index (χ2v) is 5.10. The Morgan fingerprint density at radius 1 is 1.29 bits per heavy atom. The van der Waals surface area contributed by atoms with Crippen molar-refractivity contribution in [2.24, 2.45) is 5.73 Å². The van der Waals surface area contributed by atoms with Crippen LogP contribution in [0.5, 0.6) is 11.5 Å². The molecular weight excluding hydrogens is 293 g/mol. The summed E-state index contributed by atoms with van der Waals surface area (Å²) in [6.45, 7) is 1.92. The summed E-state index contributed by atoms with van der Waals surface area (Å²) < 4.78 is 24.7. The Kier molecular flexibility index (Phi) is 5.04. The van der Waals surface area contributed by atoms with E-state index < -0.39 is 5.82 Å². The highest BCUT2D eigenvalue weighted by atomic mass is 35.5. The number of halogens is 2. The van der Waals surface area contributed by atoms with Gasteiger partial charge in [-0.1, -0.05) is 29.8 Å². The summed E-state index contributed by atoms with van der Waals surface area (Å²) in [7, 11) is 1.57. The predicted octanol–water partition coefficient (Wildman–Crippen LogP) is 4.09. The minimum atomic E-state index is -0.468. The van der Waals surface area contributed by atoms with Crippen molar-refractivity contribution >= 4 is 11.6 Å². The van der Waals surface area contributed by atoms with Gasteiger partial charge in [0.25, 0.3) is 0 Å². The van der Waals surface area contributed by atoms with Gasteiger partial charge in [-0.15, -0.1) is 0 Å². The van der Waals surface area contributed by atoms with Crippen molar-refractivity contribution in [1.29, 1.82) is 0 Å². The molecule has 0 amide bonds. The van der Waals surface area contributed by atoms with Crippen LogP contribution in [-0.2, 0) is 6.61 Å². The fraction of sp³-hybridized carbons (Fsp3) is 0.250. The molecule has 21 heavy (non-hydrogen) atoms. The average molecular weight is 310 g/mol. The van der Waals surface area contributed by atoms with E-state index in [0.29, 0.717) is 17.1 Å². The van der Waals surface area contributed by atoms with Crippen LogP contribution in [0.25, 0.3) is 0 Å². The number of nitrogens with two attached hydrogens (primary N) is 1. The third-order valence-electron chi connectivity index (χ3n) is 3.13. The van der Waals surface area contributed by atoms with Crippen molar-refractivity contribution in [3.05, 3.63) is 58.4 Å². The molecule has 0 bridgehead atoms. The zero-order chi connectivity index (χ0) is 15.4. The molecule has 0 aliphatic heterocycles. The van der Waals surface area contributed by atoms with Gasteiger partial charge in [-0.2, -0.15) is 0 Å². The van der Waals surface area contributed by atoms with Gasteiger partial charge >= 0.3 is 0 Å². The lowest BCUT2D eigenvalue weighted by Crippen LogP contribution is -2.08. The minimum Gasteiger partial charge on any atom is -0.497 e. The van der Waals surface area contributed by atoms with Gasteiger partial charge in [0, 0.05) is 23.2 Å². The zero-order valence-electron chi connectivity index (χ0n) is 11.9. The molecule has 0 fully saturated rings. The largest absolute Gasteiger partial charge is 0.497 e. The Morgan fingerprint density at radius 3 is 2.71 bits per heavy atom. The number of ether oxygens (including phenoxy) is 2. The molecule has 0 aliphatic rings. The van der Waals surface area contributed by atoms with E-state index in [2.05, 4.69) is 0 Å². The maximum atomic E-state index is 13.8.